The number of pyridine rings is 2. The fraction of sp³-hybridized carbons (Fsp3) is 0.488. The average Bonchev–Trinajstić information content (AvgIpc) is 3.54. The van der Waals surface area contributed by atoms with Crippen LogP contribution in [-0.2, 0) is 57.0 Å². The Hall–Kier alpha value is -5.85. The number of hydrogen-bond donors (Lipinski definition) is 6. The van der Waals surface area contributed by atoms with Gasteiger partial charge in [-0.1, -0.05) is 56.6 Å². The number of carboxylic acids is 1. The van der Waals surface area contributed by atoms with Crippen molar-refractivity contribution in [2.75, 3.05) is 13.1 Å². The minimum Gasteiger partial charge on any atom is -0.481 e. The Kier molecular flexibility index (Phi) is 14.0. The summed E-state index contributed by atoms with van der Waals surface area (Å²) in [7, 11) is 0. The number of carbonyl (C=O) groups excluding carboxylic acids is 6. The molecule has 322 valence electrons. The van der Waals surface area contributed by atoms with Gasteiger partial charge in [0.1, 0.15) is 18.7 Å². The minimum absolute atomic E-state index is 0.0427. The van der Waals surface area contributed by atoms with Crippen LogP contribution < -0.4 is 32.6 Å². The van der Waals surface area contributed by atoms with Crippen molar-refractivity contribution in [1.82, 2.24) is 30.8 Å². The van der Waals surface area contributed by atoms with E-state index < -0.39 is 77.1 Å². The van der Waals surface area contributed by atoms with Gasteiger partial charge in [0.05, 0.1) is 41.9 Å². The van der Waals surface area contributed by atoms with Gasteiger partial charge in [-0.25, -0.2) is 14.6 Å². The number of carbonyl (C=O) groups is 7. The lowest BCUT2D eigenvalue weighted by atomic mass is 9.84. The first-order valence-corrected chi connectivity index (χ1v) is 20.4. The van der Waals surface area contributed by atoms with Crippen molar-refractivity contribution in [3.05, 3.63) is 61.8 Å². The molecule has 5 amide bonds. The normalized spacial score (nSPS) is 16.4. The predicted octanol–water partition coefficient (Wildman–Crippen LogP) is 2.86. The summed E-state index contributed by atoms with van der Waals surface area (Å²) in [5, 5.41) is 20.2. The second-order valence-electron chi connectivity index (χ2n) is 16.1. The molecular formula is C41H50BrN7O11. The molecule has 19 heteroatoms. The van der Waals surface area contributed by atoms with E-state index in [4.69, 9.17) is 25.3 Å². The molecule has 18 nitrogen and oxygen atoms in total. The van der Waals surface area contributed by atoms with Crippen LogP contribution in [0.2, 0.25) is 0 Å². The van der Waals surface area contributed by atoms with Crippen LogP contribution in [0.5, 0.6) is 0 Å². The van der Waals surface area contributed by atoms with E-state index in [1.807, 2.05) is 24.3 Å². The quantitative estimate of drug-likeness (QED) is 0.0622. The summed E-state index contributed by atoms with van der Waals surface area (Å²) >= 11 is 3.57. The number of cyclic esters (lactones) is 1. The molecule has 2 aliphatic heterocycles. The summed E-state index contributed by atoms with van der Waals surface area (Å²) in [6, 6.07) is 6.26. The van der Waals surface area contributed by atoms with E-state index in [1.54, 1.807) is 45.3 Å². The number of fused-ring (bicyclic) bond motifs is 5. The van der Waals surface area contributed by atoms with E-state index in [0.29, 0.717) is 16.9 Å². The Morgan fingerprint density at radius 1 is 1.07 bits per heavy atom. The lowest BCUT2D eigenvalue weighted by molar-refractivity contribution is -0.190. The van der Waals surface area contributed by atoms with E-state index in [1.165, 1.54) is 0 Å². The van der Waals surface area contributed by atoms with Crippen LogP contribution in [0.3, 0.4) is 0 Å². The zero-order valence-electron chi connectivity index (χ0n) is 34.1. The van der Waals surface area contributed by atoms with Crippen molar-refractivity contribution in [2.45, 2.75) is 104 Å². The van der Waals surface area contributed by atoms with Gasteiger partial charge >= 0.3 is 23.9 Å². The van der Waals surface area contributed by atoms with Crippen LogP contribution in [0.1, 0.15) is 89.8 Å². The highest BCUT2D eigenvalue weighted by atomic mass is 79.9. The number of carboxylic acid groups (broad SMARTS) is 1. The summed E-state index contributed by atoms with van der Waals surface area (Å²) in [6.07, 6.45) is -0.823. The van der Waals surface area contributed by atoms with Crippen molar-refractivity contribution in [1.29, 1.82) is 0 Å². The number of primary amides is 1. The number of benzene rings is 1. The van der Waals surface area contributed by atoms with Gasteiger partial charge in [-0.15, -0.1) is 0 Å². The highest BCUT2D eigenvalue weighted by Crippen LogP contribution is 2.42. The van der Waals surface area contributed by atoms with Crippen LogP contribution >= 0.6 is 15.9 Å². The standard InChI is InChI=1S/C41H50BrN7O11/c1-6-41(25-16-29-34-22(15-23-26(42)9-7-10-27(23)46-34)18-49(29)37(56)24(25)19-59-38(41)57)60-32(53)17-40(4,5)20-45-35(54)28(11-8-14-44-39(43)58)47-36(55)33(21(2)3)48-30(50)12-13-31(51)52/h7,9-10,15-16,21,28,33H,6,8,11-14,17-20H2,1-5H3,(H,45,54)(H,47,55)(H,48,50)(H,51,52)(H3,43,44,58)/t28-,33-,41-/m0/s1. The number of aliphatic carboxylic acids is 1. The van der Waals surface area contributed by atoms with Crippen LogP contribution in [0.25, 0.3) is 22.3 Å². The molecule has 0 saturated heterocycles. The monoisotopic (exact) mass is 895 g/mol. The predicted molar refractivity (Wildman–Crippen MR) is 220 cm³/mol. The molecular weight excluding hydrogens is 846 g/mol. The molecule has 60 heavy (non-hydrogen) atoms. The number of urea groups is 1. The zero-order valence-corrected chi connectivity index (χ0v) is 35.7. The van der Waals surface area contributed by atoms with Crippen molar-refractivity contribution < 1.29 is 48.1 Å². The Labute approximate surface area is 353 Å². The van der Waals surface area contributed by atoms with E-state index >= 15 is 0 Å². The number of nitrogens with two attached hydrogens (primary N) is 1. The molecule has 2 aliphatic rings. The molecule has 0 saturated carbocycles. The number of amides is 5. The first-order chi connectivity index (χ1) is 28.3. The number of nitrogens with one attached hydrogen (secondary N) is 4. The first-order valence-electron chi connectivity index (χ1n) is 19.6. The second kappa shape index (κ2) is 18.6. The van der Waals surface area contributed by atoms with Crippen LogP contribution in [0.15, 0.2) is 39.6 Å². The third-order valence-corrected chi connectivity index (χ3v) is 11.2. The van der Waals surface area contributed by atoms with E-state index in [9.17, 15) is 38.4 Å². The van der Waals surface area contributed by atoms with Crippen molar-refractivity contribution in [2.24, 2.45) is 17.1 Å². The fourth-order valence-corrected chi connectivity index (χ4v) is 7.78. The minimum atomic E-state index is -1.94. The van der Waals surface area contributed by atoms with Crippen LogP contribution in [0, 0.1) is 11.3 Å². The smallest absolute Gasteiger partial charge is 0.355 e. The van der Waals surface area contributed by atoms with E-state index in [2.05, 4.69) is 37.2 Å². The number of rotatable bonds is 18. The summed E-state index contributed by atoms with van der Waals surface area (Å²) in [6.45, 7) is 8.34. The fourth-order valence-electron chi connectivity index (χ4n) is 7.31. The summed E-state index contributed by atoms with van der Waals surface area (Å²) in [5.74, 6) is -5.18. The van der Waals surface area contributed by atoms with Crippen LogP contribution in [-0.4, -0.2) is 81.5 Å². The molecule has 0 radical (unpaired) electrons. The molecule has 2 aromatic heterocycles. The maximum absolute atomic E-state index is 14.0. The molecule has 0 aliphatic carbocycles. The molecule has 0 bridgehead atoms. The Balaban J connectivity index is 1.31. The van der Waals surface area contributed by atoms with Gasteiger partial charge in [0.25, 0.3) is 5.56 Å². The zero-order chi connectivity index (χ0) is 44.1. The number of ether oxygens (including phenoxy) is 2. The first kappa shape index (κ1) is 45.2. The van der Waals surface area contributed by atoms with E-state index in [-0.39, 0.29) is 75.0 Å². The van der Waals surface area contributed by atoms with Gasteiger partial charge in [0.2, 0.25) is 23.3 Å². The van der Waals surface area contributed by atoms with Gasteiger partial charge in [-0.2, -0.15) is 0 Å². The summed E-state index contributed by atoms with van der Waals surface area (Å²) in [4.78, 5) is 108. The van der Waals surface area contributed by atoms with Crippen molar-refractivity contribution >= 4 is 68.5 Å². The number of esters is 2. The molecule has 3 atom stereocenters. The number of hydrogen-bond acceptors (Lipinski definition) is 11. The highest BCUT2D eigenvalue weighted by Gasteiger charge is 2.51. The largest absolute Gasteiger partial charge is 0.481 e. The number of aromatic nitrogens is 2. The van der Waals surface area contributed by atoms with Gasteiger partial charge < -0.3 is 46.1 Å². The second-order valence-corrected chi connectivity index (χ2v) is 16.9. The maximum atomic E-state index is 14.0. The van der Waals surface area contributed by atoms with Crippen LogP contribution in [0.4, 0.5) is 4.79 Å². The van der Waals surface area contributed by atoms with Crippen molar-refractivity contribution in [3.63, 3.8) is 0 Å². The Morgan fingerprint density at radius 2 is 1.80 bits per heavy atom. The summed E-state index contributed by atoms with van der Waals surface area (Å²) in [5.41, 5.74) is 4.85. The molecule has 0 unspecified atom stereocenters. The number of halogens is 1. The third-order valence-electron chi connectivity index (χ3n) is 10.6. The third kappa shape index (κ3) is 10.1. The van der Waals surface area contributed by atoms with Gasteiger partial charge in [-0.3, -0.25) is 28.8 Å². The molecule has 3 aromatic rings. The van der Waals surface area contributed by atoms with Gasteiger partial charge in [0.15, 0.2) is 0 Å². The Bertz CT molecular complexity index is 2290. The lowest BCUT2D eigenvalue weighted by Gasteiger charge is -2.36. The topological polar surface area (TPSA) is 267 Å². The molecule has 0 fully saturated rings. The molecule has 1 aromatic carbocycles. The molecule has 7 N–H and O–H groups in total. The Morgan fingerprint density at radius 3 is 2.47 bits per heavy atom. The summed E-state index contributed by atoms with van der Waals surface area (Å²) < 4.78 is 13.9. The van der Waals surface area contributed by atoms with Gasteiger partial charge in [-0.05, 0) is 54.9 Å². The molecule has 5 rings (SSSR count). The molecule has 4 heterocycles. The van der Waals surface area contributed by atoms with Crippen molar-refractivity contribution in [3.8, 4) is 11.4 Å². The molecule has 0 spiro atoms. The highest BCUT2D eigenvalue weighted by molar-refractivity contribution is 9.10. The SMILES string of the molecule is CC[C@@]1(OC(=O)CC(C)(C)CNC(=O)[C@H](CCCNC(N)=O)NC(=O)[C@@H](NC(=O)CCC(=O)O)C(C)C)C(=O)OCc2c1cc1n(c2=O)Cc2cc3c(Br)cccc3nc2-1. The van der Waals surface area contributed by atoms with E-state index in [0.717, 1.165) is 15.4 Å². The lowest BCUT2D eigenvalue weighted by Crippen LogP contribution is -2.56. The number of nitrogens with zero attached hydrogens (tertiary/aromatic N) is 2. The average molecular weight is 897 g/mol. The maximum Gasteiger partial charge on any atom is 0.355 e. The van der Waals surface area contributed by atoms with Gasteiger partial charge in [0, 0.05) is 40.5 Å².